The fraction of sp³-hybridized carbons (Fsp3) is 0.818. The van der Waals surface area contributed by atoms with Crippen LogP contribution in [-0.2, 0) is 4.79 Å². The van der Waals surface area contributed by atoms with Gasteiger partial charge < -0.3 is 15.3 Å². The van der Waals surface area contributed by atoms with E-state index in [0.29, 0.717) is 18.2 Å². The van der Waals surface area contributed by atoms with Gasteiger partial charge in [-0.05, 0) is 13.3 Å². The second-order valence-electron chi connectivity index (χ2n) is 4.26. The van der Waals surface area contributed by atoms with E-state index in [9.17, 15) is 9.59 Å². The van der Waals surface area contributed by atoms with Crippen LogP contribution in [0.25, 0.3) is 0 Å². The van der Waals surface area contributed by atoms with E-state index in [-0.39, 0.29) is 12.1 Å². The highest BCUT2D eigenvalue weighted by atomic mass is 32.2. The van der Waals surface area contributed by atoms with E-state index < -0.39 is 12.0 Å². The van der Waals surface area contributed by atoms with Gasteiger partial charge in [0.15, 0.2) is 0 Å². The maximum absolute atomic E-state index is 12.0. The van der Waals surface area contributed by atoms with Crippen molar-refractivity contribution in [3.8, 4) is 0 Å². The molecule has 0 bridgehead atoms. The molecule has 0 radical (unpaired) electrons. The minimum atomic E-state index is -0.979. The summed E-state index contributed by atoms with van der Waals surface area (Å²) < 4.78 is 0. The lowest BCUT2D eigenvalue weighted by molar-refractivity contribution is -0.139. The number of hydrogen-bond donors (Lipinski definition) is 2. The molecule has 0 aliphatic carbocycles. The van der Waals surface area contributed by atoms with E-state index in [1.165, 1.54) is 0 Å². The predicted molar refractivity (Wildman–Crippen MR) is 68.3 cm³/mol. The van der Waals surface area contributed by atoms with Gasteiger partial charge in [-0.1, -0.05) is 13.8 Å². The van der Waals surface area contributed by atoms with Crippen molar-refractivity contribution >= 4 is 23.8 Å². The summed E-state index contributed by atoms with van der Waals surface area (Å²) in [7, 11) is 0. The van der Waals surface area contributed by atoms with Crippen LogP contribution in [0.4, 0.5) is 4.79 Å². The van der Waals surface area contributed by atoms with Crippen LogP contribution in [0.2, 0.25) is 0 Å². The van der Waals surface area contributed by atoms with Gasteiger partial charge in [0.2, 0.25) is 0 Å². The molecule has 1 aliphatic rings. The molecule has 0 spiro atoms. The summed E-state index contributed by atoms with van der Waals surface area (Å²) in [6.45, 7) is 6.51. The lowest BCUT2D eigenvalue weighted by atomic mass is 10.2. The highest BCUT2D eigenvalue weighted by Crippen LogP contribution is 2.24. The summed E-state index contributed by atoms with van der Waals surface area (Å²) in [6.07, 6.45) is 0.396. The van der Waals surface area contributed by atoms with E-state index in [0.717, 1.165) is 5.75 Å². The van der Waals surface area contributed by atoms with Crippen molar-refractivity contribution in [1.29, 1.82) is 0 Å². The molecule has 2 N–H and O–H groups in total. The first kappa shape index (κ1) is 14.2. The zero-order valence-electron chi connectivity index (χ0n) is 10.5. The zero-order valence-corrected chi connectivity index (χ0v) is 11.3. The molecule has 2 amide bonds. The Morgan fingerprint density at radius 1 is 1.53 bits per heavy atom. The molecule has 6 heteroatoms. The lowest BCUT2D eigenvalue weighted by Gasteiger charge is -2.37. The highest BCUT2D eigenvalue weighted by molar-refractivity contribution is 8.00. The SMILES string of the molecule is CC[C@@H](NC(=O)N1CCSC(C)C1C)C(=O)O. The Morgan fingerprint density at radius 2 is 2.18 bits per heavy atom. The maximum Gasteiger partial charge on any atom is 0.326 e. The Labute approximate surface area is 106 Å². The van der Waals surface area contributed by atoms with Crippen molar-refractivity contribution in [3.63, 3.8) is 0 Å². The summed E-state index contributed by atoms with van der Waals surface area (Å²) in [4.78, 5) is 24.6. The van der Waals surface area contributed by atoms with E-state index in [1.54, 1.807) is 11.8 Å². The van der Waals surface area contributed by atoms with Gasteiger partial charge >= 0.3 is 12.0 Å². The van der Waals surface area contributed by atoms with Gasteiger partial charge in [0.05, 0.1) is 0 Å². The second-order valence-corrected chi connectivity index (χ2v) is 5.74. The van der Waals surface area contributed by atoms with Gasteiger partial charge in [-0.15, -0.1) is 0 Å². The Morgan fingerprint density at radius 3 is 2.71 bits per heavy atom. The quantitative estimate of drug-likeness (QED) is 0.804. The highest BCUT2D eigenvalue weighted by Gasteiger charge is 2.30. The normalized spacial score (nSPS) is 26.4. The molecule has 1 aliphatic heterocycles. The van der Waals surface area contributed by atoms with Crippen LogP contribution in [0.5, 0.6) is 0 Å². The number of carbonyl (C=O) groups is 2. The Balaban J connectivity index is 2.60. The first-order chi connectivity index (χ1) is 7.97. The second kappa shape index (κ2) is 6.14. The molecule has 3 atom stereocenters. The number of urea groups is 1. The average Bonchev–Trinajstić information content (AvgIpc) is 2.28. The van der Waals surface area contributed by atoms with Crippen LogP contribution in [0.3, 0.4) is 0 Å². The number of aliphatic carboxylic acids is 1. The monoisotopic (exact) mass is 260 g/mol. The number of rotatable bonds is 3. The molecule has 17 heavy (non-hydrogen) atoms. The van der Waals surface area contributed by atoms with Crippen molar-refractivity contribution in [2.24, 2.45) is 0 Å². The minimum absolute atomic E-state index is 0.139. The molecule has 0 aromatic heterocycles. The van der Waals surface area contributed by atoms with Gasteiger partial charge in [-0.2, -0.15) is 11.8 Å². The Hall–Kier alpha value is -0.910. The van der Waals surface area contributed by atoms with Crippen LogP contribution >= 0.6 is 11.8 Å². The zero-order chi connectivity index (χ0) is 13.0. The summed E-state index contributed by atoms with van der Waals surface area (Å²) in [5.74, 6) is -0.0732. The van der Waals surface area contributed by atoms with Crippen LogP contribution in [-0.4, -0.2) is 51.6 Å². The first-order valence-electron chi connectivity index (χ1n) is 5.89. The molecule has 0 saturated carbocycles. The number of hydrogen-bond acceptors (Lipinski definition) is 3. The molecule has 1 rings (SSSR count). The van der Waals surface area contributed by atoms with Gasteiger partial charge in [0, 0.05) is 23.6 Å². The maximum atomic E-state index is 12.0. The van der Waals surface area contributed by atoms with Gasteiger partial charge in [0.1, 0.15) is 6.04 Å². The molecular weight excluding hydrogens is 240 g/mol. The smallest absolute Gasteiger partial charge is 0.326 e. The summed E-state index contributed by atoms with van der Waals surface area (Å²) in [6, 6.07) is -0.918. The molecule has 1 saturated heterocycles. The number of carboxylic acids is 1. The van der Waals surface area contributed by atoms with Crippen LogP contribution in [0.15, 0.2) is 0 Å². The number of carboxylic acid groups (broad SMARTS) is 1. The third-order valence-electron chi connectivity index (χ3n) is 3.15. The molecule has 0 aromatic carbocycles. The third-order valence-corrected chi connectivity index (χ3v) is 4.49. The van der Waals surface area contributed by atoms with E-state index >= 15 is 0 Å². The van der Waals surface area contributed by atoms with Crippen molar-refractivity contribution in [2.75, 3.05) is 12.3 Å². The van der Waals surface area contributed by atoms with Gasteiger partial charge in [-0.3, -0.25) is 0 Å². The fourth-order valence-electron chi connectivity index (χ4n) is 1.79. The number of thioether (sulfide) groups is 1. The Bertz CT molecular complexity index is 298. The van der Waals surface area contributed by atoms with Crippen molar-refractivity contribution in [2.45, 2.75) is 44.5 Å². The molecule has 1 fully saturated rings. The van der Waals surface area contributed by atoms with Gasteiger partial charge in [0.25, 0.3) is 0 Å². The third kappa shape index (κ3) is 3.52. The Kier molecular flexibility index (Phi) is 5.11. The van der Waals surface area contributed by atoms with Crippen molar-refractivity contribution in [3.05, 3.63) is 0 Å². The van der Waals surface area contributed by atoms with Crippen molar-refractivity contribution < 1.29 is 14.7 Å². The van der Waals surface area contributed by atoms with Crippen LogP contribution in [0, 0.1) is 0 Å². The largest absolute Gasteiger partial charge is 0.480 e. The minimum Gasteiger partial charge on any atom is -0.480 e. The number of carbonyl (C=O) groups excluding carboxylic acids is 1. The lowest BCUT2D eigenvalue weighted by Crippen LogP contribution is -2.55. The summed E-state index contributed by atoms with van der Waals surface area (Å²) in [5, 5.41) is 11.9. The molecule has 5 nitrogen and oxygen atoms in total. The molecule has 98 valence electrons. The molecule has 0 aromatic rings. The standard InChI is InChI=1S/C11H20N2O3S/c1-4-9(10(14)15)12-11(16)13-5-6-17-8(3)7(13)2/h7-9H,4-6H2,1-3H3,(H,12,16)(H,14,15)/t7?,8?,9-/m1/s1. The van der Waals surface area contributed by atoms with E-state index in [4.69, 9.17) is 5.11 Å². The molecule has 1 heterocycles. The summed E-state index contributed by atoms with van der Waals surface area (Å²) in [5.41, 5.74) is 0. The molecule has 2 unspecified atom stereocenters. The molecular formula is C11H20N2O3S. The number of nitrogens with zero attached hydrogens (tertiary/aromatic N) is 1. The van der Waals surface area contributed by atoms with Crippen molar-refractivity contribution in [1.82, 2.24) is 10.2 Å². The topological polar surface area (TPSA) is 69.6 Å². The first-order valence-corrected chi connectivity index (χ1v) is 6.93. The van der Waals surface area contributed by atoms with E-state index in [1.807, 2.05) is 18.7 Å². The van der Waals surface area contributed by atoms with Crippen LogP contribution in [0.1, 0.15) is 27.2 Å². The van der Waals surface area contributed by atoms with E-state index in [2.05, 4.69) is 12.2 Å². The number of amides is 2. The summed E-state index contributed by atoms with van der Waals surface area (Å²) >= 11 is 1.84. The average molecular weight is 260 g/mol. The number of nitrogens with one attached hydrogen (secondary N) is 1. The van der Waals surface area contributed by atoms with Gasteiger partial charge in [-0.25, -0.2) is 9.59 Å². The predicted octanol–water partition coefficient (Wildman–Crippen LogP) is 1.39. The van der Waals surface area contributed by atoms with Crippen LogP contribution < -0.4 is 5.32 Å². The fourth-order valence-corrected chi connectivity index (χ4v) is 2.89.